The molecule has 0 atom stereocenters. The lowest BCUT2D eigenvalue weighted by Gasteiger charge is -2.27. The van der Waals surface area contributed by atoms with E-state index in [0.717, 1.165) is 37.1 Å². The molecule has 1 N–H and O–H groups in total. The van der Waals surface area contributed by atoms with Crippen molar-refractivity contribution >= 4 is 11.6 Å². The molecule has 1 heterocycles. The molecule has 0 saturated heterocycles. The maximum absolute atomic E-state index is 11.8. The van der Waals surface area contributed by atoms with E-state index in [-0.39, 0.29) is 11.9 Å². The minimum atomic E-state index is 0.143. The Labute approximate surface area is 156 Å². The van der Waals surface area contributed by atoms with Gasteiger partial charge in [-0.15, -0.1) is 0 Å². The molecule has 2 aromatic rings. The highest BCUT2D eigenvalue weighted by molar-refractivity contribution is 5.76. The highest BCUT2D eigenvalue weighted by atomic mass is 16.1. The minimum absolute atomic E-state index is 0.143. The largest absolute Gasteiger partial charge is 0.366 e. The topological polar surface area (TPSA) is 32.3 Å². The summed E-state index contributed by atoms with van der Waals surface area (Å²) in [6.45, 7) is 5.75. The average Bonchev–Trinajstić information content (AvgIpc) is 2.61. The van der Waals surface area contributed by atoms with Crippen LogP contribution in [0.15, 0.2) is 48.5 Å². The number of unbranched alkanes of at least 4 members (excludes halogenated alkanes) is 1. The number of amides is 1. The summed E-state index contributed by atoms with van der Waals surface area (Å²) in [7, 11) is 0. The number of carbonyl (C=O) groups excluding carboxylic acids is 1. The van der Waals surface area contributed by atoms with E-state index < -0.39 is 0 Å². The van der Waals surface area contributed by atoms with E-state index in [1.54, 1.807) is 0 Å². The highest BCUT2D eigenvalue weighted by Gasteiger charge is 2.14. The number of para-hydroxylation sites is 1. The molecule has 0 radical (unpaired) electrons. The lowest BCUT2D eigenvalue weighted by Crippen LogP contribution is -2.30. The molecular formula is C23H26N2O. The first-order chi connectivity index (χ1) is 12.6. The number of anilines is 1. The first-order valence-electron chi connectivity index (χ1n) is 9.37. The fraction of sp³-hybridized carbons (Fsp3) is 0.348. The van der Waals surface area contributed by atoms with Crippen LogP contribution < -0.4 is 10.2 Å². The van der Waals surface area contributed by atoms with Crippen molar-refractivity contribution < 1.29 is 4.79 Å². The van der Waals surface area contributed by atoms with E-state index in [1.165, 1.54) is 11.3 Å². The number of nitrogens with one attached hydrogen (secondary N) is 1. The lowest BCUT2D eigenvalue weighted by molar-refractivity contribution is -0.121. The molecule has 0 unspecified atom stereocenters. The zero-order valence-corrected chi connectivity index (χ0v) is 15.6. The van der Waals surface area contributed by atoms with Crippen molar-refractivity contribution in [2.75, 3.05) is 11.4 Å². The van der Waals surface area contributed by atoms with Crippen LogP contribution in [-0.2, 0) is 11.3 Å². The molecule has 1 amide bonds. The maximum atomic E-state index is 11.8. The zero-order chi connectivity index (χ0) is 18.4. The van der Waals surface area contributed by atoms with Gasteiger partial charge in [-0.2, -0.15) is 0 Å². The van der Waals surface area contributed by atoms with Gasteiger partial charge in [0.15, 0.2) is 0 Å². The summed E-state index contributed by atoms with van der Waals surface area (Å²) in [6.07, 6.45) is 2.46. The normalized spacial score (nSPS) is 12.3. The standard InChI is InChI=1S/C23H26N2O/c1-18(2)24-23(26)13-7-8-16-25-17-21-11-4-3-9-19(21)14-15-20-10-5-6-12-22(20)25/h3-6,9-12,18H,7-8,13,16-17H2,1-2H3,(H,24,26). The Hall–Kier alpha value is -2.73. The fourth-order valence-electron chi connectivity index (χ4n) is 3.24. The van der Waals surface area contributed by atoms with Gasteiger partial charge in [-0.3, -0.25) is 4.79 Å². The van der Waals surface area contributed by atoms with E-state index in [4.69, 9.17) is 0 Å². The van der Waals surface area contributed by atoms with Gasteiger partial charge in [-0.1, -0.05) is 42.2 Å². The molecule has 0 aliphatic carbocycles. The van der Waals surface area contributed by atoms with Crippen molar-refractivity contribution in [1.29, 1.82) is 0 Å². The summed E-state index contributed by atoms with van der Waals surface area (Å²) >= 11 is 0. The second kappa shape index (κ2) is 8.58. The number of fused-ring (bicyclic) bond motifs is 2. The van der Waals surface area contributed by atoms with E-state index >= 15 is 0 Å². The van der Waals surface area contributed by atoms with Crippen LogP contribution in [-0.4, -0.2) is 18.5 Å². The van der Waals surface area contributed by atoms with E-state index in [1.807, 2.05) is 26.0 Å². The summed E-state index contributed by atoms with van der Waals surface area (Å²) < 4.78 is 0. The third-order valence-corrected chi connectivity index (χ3v) is 4.49. The molecule has 0 aromatic heterocycles. The van der Waals surface area contributed by atoms with Gasteiger partial charge in [0, 0.05) is 36.7 Å². The number of nitrogens with zero attached hydrogens (tertiary/aromatic N) is 1. The van der Waals surface area contributed by atoms with Gasteiger partial charge < -0.3 is 10.2 Å². The van der Waals surface area contributed by atoms with Crippen LogP contribution >= 0.6 is 0 Å². The smallest absolute Gasteiger partial charge is 0.220 e. The van der Waals surface area contributed by atoms with Crippen molar-refractivity contribution in [2.24, 2.45) is 0 Å². The van der Waals surface area contributed by atoms with Crippen molar-refractivity contribution in [3.8, 4) is 11.8 Å². The van der Waals surface area contributed by atoms with Gasteiger partial charge in [-0.25, -0.2) is 0 Å². The number of hydrogen-bond acceptors (Lipinski definition) is 2. The molecule has 1 aliphatic rings. The fourth-order valence-corrected chi connectivity index (χ4v) is 3.24. The predicted octanol–water partition coefficient (Wildman–Crippen LogP) is 4.10. The first-order valence-corrected chi connectivity index (χ1v) is 9.37. The average molecular weight is 346 g/mol. The Morgan fingerprint density at radius 1 is 1.04 bits per heavy atom. The lowest BCUT2D eigenvalue weighted by atomic mass is 10.0. The molecule has 3 nitrogen and oxygen atoms in total. The summed E-state index contributed by atoms with van der Waals surface area (Å²) in [4.78, 5) is 14.2. The van der Waals surface area contributed by atoms with Crippen LogP contribution in [0.3, 0.4) is 0 Å². The van der Waals surface area contributed by atoms with Crippen molar-refractivity contribution in [3.63, 3.8) is 0 Å². The Morgan fingerprint density at radius 3 is 2.54 bits per heavy atom. The van der Waals surface area contributed by atoms with Crippen molar-refractivity contribution in [1.82, 2.24) is 5.32 Å². The molecule has 0 fully saturated rings. The second-order valence-electron chi connectivity index (χ2n) is 7.03. The number of benzene rings is 2. The zero-order valence-electron chi connectivity index (χ0n) is 15.6. The quantitative estimate of drug-likeness (QED) is 0.631. The second-order valence-corrected chi connectivity index (χ2v) is 7.03. The molecule has 1 aliphatic heterocycles. The van der Waals surface area contributed by atoms with Crippen LogP contribution in [0, 0.1) is 11.8 Å². The SMILES string of the molecule is CC(C)NC(=O)CCCCN1Cc2ccccc2C#Cc2ccccc21. The summed E-state index contributed by atoms with van der Waals surface area (Å²) in [5, 5.41) is 2.96. The van der Waals surface area contributed by atoms with Crippen molar-refractivity contribution in [3.05, 3.63) is 65.2 Å². The minimum Gasteiger partial charge on any atom is -0.366 e. The van der Waals surface area contributed by atoms with Crippen molar-refractivity contribution in [2.45, 2.75) is 45.7 Å². The molecule has 0 saturated carbocycles. The molecule has 3 heteroatoms. The van der Waals surface area contributed by atoms with Gasteiger partial charge in [0.2, 0.25) is 5.91 Å². The van der Waals surface area contributed by atoms with E-state index in [9.17, 15) is 4.79 Å². The van der Waals surface area contributed by atoms with Gasteiger partial charge in [0.05, 0.1) is 5.69 Å². The first kappa shape index (κ1) is 18.1. The van der Waals surface area contributed by atoms with Gasteiger partial charge >= 0.3 is 0 Å². The highest BCUT2D eigenvalue weighted by Crippen LogP contribution is 2.25. The van der Waals surface area contributed by atoms with Crippen LogP contribution in [0.1, 0.15) is 49.8 Å². The third kappa shape index (κ3) is 4.67. The number of carbonyl (C=O) groups is 1. The number of hydrogen-bond donors (Lipinski definition) is 1. The van der Waals surface area contributed by atoms with E-state index in [0.29, 0.717) is 6.42 Å². The predicted molar refractivity (Wildman–Crippen MR) is 107 cm³/mol. The summed E-state index contributed by atoms with van der Waals surface area (Å²) in [5.74, 6) is 6.78. The van der Waals surface area contributed by atoms with Gasteiger partial charge in [0.1, 0.15) is 0 Å². The summed E-state index contributed by atoms with van der Waals surface area (Å²) in [6, 6.07) is 16.9. The number of rotatable bonds is 6. The molecule has 134 valence electrons. The molecule has 3 rings (SSSR count). The maximum Gasteiger partial charge on any atom is 0.220 e. The Morgan fingerprint density at radius 2 is 1.73 bits per heavy atom. The molecule has 2 aromatic carbocycles. The summed E-state index contributed by atoms with van der Waals surface area (Å²) in [5.41, 5.74) is 4.61. The Kier molecular flexibility index (Phi) is 5.96. The van der Waals surface area contributed by atoms with Gasteiger partial charge in [-0.05, 0) is 50.5 Å². The molecular weight excluding hydrogens is 320 g/mol. The molecule has 26 heavy (non-hydrogen) atoms. The van der Waals surface area contributed by atoms with Gasteiger partial charge in [0.25, 0.3) is 0 Å². The molecule has 0 bridgehead atoms. The Balaban J connectivity index is 1.71. The van der Waals surface area contributed by atoms with Crippen LogP contribution in [0.5, 0.6) is 0 Å². The van der Waals surface area contributed by atoms with Crippen LogP contribution in [0.4, 0.5) is 5.69 Å². The molecule has 0 spiro atoms. The van der Waals surface area contributed by atoms with Crippen LogP contribution in [0.25, 0.3) is 0 Å². The van der Waals surface area contributed by atoms with Crippen LogP contribution in [0.2, 0.25) is 0 Å². The Bertz CT molecular complexity index is 829. The van der Waals surface area contributed by atoms with E-state index in [2.05, 4.69) is 58.5 Å². The third-order valence-electron chi connectivity index (χ3n) is 4.49. The monoisotopic (exact) mass is 346 g/mol.